The van der Waals surface area contributed by atoms with E-state index in [1.54, 1.807) is 24.4 Å². The van der Waals surface area contributed by atoms with Gasteiger partial charge < -0.3 is 14.8 Å². The molecule has 0 aliphatic carbocycles. The molecule has 1 aromatic heterocycles. The molecule has 3 heterocycles. The van der Waals surface area contributed by atoms with Crippen molar-refractivity contribution < 1.29 is 14.3 Å². The molecule has 32 heavy (non-hydrogen) atoms. The number of thioether (sulfide) groups is 1. The summed E-state index contributed by atoms with van der Waals surface area (Å²) in [4.78, 5) is 26.6. The Morgan fingerprint density at radius 1 is 0.938 bits per heavy atom. The monoisotopic (exact) mass is 444 g/mol. The summed E-state index contributed by atoms with van der Waals surface area (Å²) in [5.74, 6) is 1.44. The summed E-state index contributed by atoms with van der Waals surface area (Å²) in [6, 6.07) is 18.9. The van der Waals surface area contributed by atoms with Gasteiger partial charge in [0.2, 0.25) is 5.91 Å². The third-order valence-corrected chi connectivity index (χ3v) is 5.83. The number of rotatable bonds is 4. The molecule has 0 atom stereocenters. The number of amides is 1. The van der Waals surface area contributed by atoms with Crippen LogP contribution in [0.3, 0.4) is 0 Å². The van der Waals surface area contributed by atoms with Crippen molar-refractivity contribution in [2.75, 3.05) is 24.3 Å². The highest BCUT2D eigenvalue weighted by Gasteiger charge is 2.18. The molecule has 3 aromatic rings. The molecular formula is C24H20N4O3S. The van der Waals surface area contributed by atoms with Gasteiger partial charge in [-0.2, -0.15) is 0 Å². The number of nitrogens with one attached hydrogen (secondary N) is 1. The molecule has 8 heteroatoms. The standard InChI is InChI=1S/C24H20N4O3S/c29-23(26-16-8-9-21-22(13-16)31-12-11-30-21)15-32-24-14-20(17-5-3-4-10-25-17)27-18-6-1-2-7-19(18)28-24/h1-10,13H,11-12,14-15H2,(H,26,29). The maximum Gasteiger partial charge on any atom is 0.234 e. The zero-order valence-corrected chi connectivity index (χ0v) is 18.0. The van der Waals surface area contributed by atoms with Gasteiger partial charge in [0, 0.05) is 24.4 Å². The normalized spacial score (nSPS) is 14.5. The molecule has 1 N–H and O–H groups in total. The Kier molecular flexibility index (Phi) is 5.85. The highest BCUT2D eigenvalue weighted by molar-refractivity contribution is 8.14. The number of benzene rings is 2. The molecule has 160 valence electrons. The number of anilines is 1. The van der Waals surface area contributed by atoms with Crippen LogP contribution >= 0.6 is 11.8 Å². The number of carbonyl (C=O) groups is 1. The van der Waals surface area contributed by atoms with Crippen LogP contribution in [0.5, 0.6) is 11.5 Å². The van der Waals surface area contributed by atoms with E-state index in [2.05, 4.69) is 10.3 Å². The van der Waals surface area contributed by atoms with Crippen molar-refractivity contribution >= 4 is 45.5 Å². The quantitative estimate of drug-likeness (QED) is 0.626. The summed E-state index contributed by atoms with van der Waals surface area (Å²) in [5.41, 5.74) is 3.88. The van der Waals surface area contributed by atoms with Crippen LogP contribution in [0.25, 0.3) is 0 Å². The van der Waals surface area contributed by atoms with Crippen LogP contribution < -0.4 is 14.8 Å². The molecule has 0 bridgehead atoms. The van der Waals surface area contributed by atoms with Gasteiger partial charge in [0.05, 0.1) is 33.6 Å². The van der Waals surface area contributed by atoms with Crippen LogP contribution in [0, 0.1) is 0 Å². The summed E-state index contributed by atoms with van der Waals surface area (Å²) in [7, 11) is 0. The van der Waals surface area contributed by atoms with Crippen molar-refractivity contribution in [1.82, 2.24) is 4.98 Å². The molecule has 2 aromatic carbocycles. The Morgan fingerprint density at radius 3 is 2.53 bits per heavy atom. The molecule has 1 amide bonds. The number of aromatic nitrogens is 1. The zero-order chi connectivity index (χ0) is 21.8. The number of hydrogen-bond acceptors (Lipinski definition) is 7. The smallest absolute Gasteiger partial charge is 0.234 e. The largest absolute Gasteiger partial charge is 0.486 e. The summed E-state index contributed by atoms with van der Waals surface area (Å²) >= 11 is 1.40. The lowest BCUT2D eigenvalue weighted by molar-refractivity contribution is -0.113. The van der Waals surface area contributed by atoms with E-state index in [1.807, 2.05) is 42.5 Å². The van der Waals surface area contributed by atoms with Crippen LogP contribution in [0.1, 0.15) is 12.1 Å². The van der Waals surface area contributed by atoms with Crippen molar-refractivity contribution in [2.24, 2.45) is 9.98 Å². The van der Waals surface area contributed by atoms with Crippen molar-refractivity contribution in [3.63, 3.8) is 0 Å². The van der Waals surface area contributed by atoms with E-state index in [1.165, 1.54) is 11.8 Å². The number of aliphatic imine (C=N–C) groups is 2. The first-order valence-corrected chi connectivity index (χ1v) is 11.2. The van der Waals surface area contributed by atoms with E-state index >= 15 is 0 Å². The number of nitrogens with zero attached hydrogens (tertiary/aromatic N) is 3. The van der Waals surface area contributed by atoms with E-state index in [0.29, 0.717) is 36.8 Å². The molecule has 2 aliphatic heterocycles. The van der Waals surface area contributed by atoms with Crippen molar-refractivity contribution in [3.8, 4) is 11.5 Å². The summed E-state index contributed by atoms with van der Waals surface area (Å²) in [6.45, 7) is 1.03. The predicted octanol–water partition coefficient (Wildman–Crippen LogP) is 4.78. The van der Waals surface area contributed by atoms with Gasteiger partial charge in [0.25, 0.3) is 0 Å². The average molecular weight is 445 g/mol. The second-order valence-electron chi connectivity index (χ2n) is 7.14. The number of carbonyl (C=O) groups excluding carboxylic acids is 1. The lowest BCUT2D eigenvalue weighted by Crippen LogP contribution is -2.18. The fourth-order valence-corrected chi connectivity index (χ4v) is 4.16. The number of pyridine rings is 1. The van der Waals surface area contributed by atoms with E-state index in [9.17, 15) is 4.79 Å². The molecule has 2 aliphatic rings. The van der Waals surface area contributed by atoms with Gasteiger partial charge in [-0.15, -0.1) is 11.8 Å². The Bertz CT molecular complexity index is 1210. The summed E-state index contributed by atoms with van der Waals surface area (Å²) in [6.07, 6.45) is 2.26. The van der Waals surface area contributed by atoms with Gasteiger partial charge in [0.15, 0.2) is 11.5 Å². The summed E-state index contributed by atoms with van der Waals surface area (Å²) < 4.78 is 11.1. The Morgan fingerprint density at radius 2 is 1.72 bits per heavy atom. The minimum atomic E-state index is -0.122. The van der Waals surface area contributed by atoms with Crippen LogP contribution in [-0.2, 0) is 4.79 Å². The van der Waals surface area contributed by atoms with E-state index in [4.69, 9.17) is 19.5 Å². The van der Waals surface area contributed by atoms with Crippen molar-refractivity contribution in [1.29, 1.82) is 0 Å². The van der Waals surface area contributed by atoms with Crippen LogP contribution in [0.2, 0.25) is 0 Å². The van der Waals surface area contributed by atoms with Gasteiger partial charge in [-0.25, -0.2) is 9.98 Å². The van der Waals surface area contributed by atoms with Gasteiger partial charge in [-0.1, -0.05) is 18.2 Å². The lowest BCUT2D eigenvalue weighted by atomic mass is 10.2. The highest BCUT2D eigenvalue weighted by Crippen LogP contribution is 2.34. The van der Waals surface area contributed by atoms with Gasteiger partial charge in [-0.05, 0) is 36.4 Å². The molecule has 0 spiro atoms. The summed E-state index contributed by atoms with van der Waals surface area (Å²) in [5, 5.41) is 3.73. The molecule has 0 radical (unpaired) electrons. The van der Waals surface area contributed by atoms with Crippen molar-refractivity contribution in [3.05, 3.63) is 72.6 Å². The maximum atomic E-state index is 12.6. The molecule has 7 nitrogen and oxygen atoms in total. The van der Waals surface area contributed by atoms with Crippen LogP contribution in [-0.4, -0.2) is 40.6 Å². The zero-order valence-electron chi connectivity index (χ0n) is 17.2. The van der Waals surface area contributed by atoms with Gasteiger partial charge in [-0.3, -0.25) is 9.78 Å². The second-order valence-corrected chi connectivity index (χ2v) is 8.19. The first kappa shape index (κ1) is 20.3. The molecule has 0 fully saturated rings. The lowest BCUT2D eigenvalue weighted by Gasteiger charge is -2.19. The molecule has 5 rings (SSSR count). The molecular weight excluding hydrogens is 424 g/mol. The van der Waals surface area contributed by atoms with Crippen LogP contribution in [0.15, 0.2) is 76.8 Å². The Balaban J connectivity index is 1.30. The SMILES string of the molecule is O=C(CSC1=Nc2ccccc2N=C(c2ccccn2)C1)Nc1ccc2c(c1)OCCO2. The second kappa shape index (κ2) is 9.23. The number of fused-ring (bicyclic) bond motifs is 2. The Labute approximate surface area is 189 Å². The van der Waals surface area contributed by atoms with E-state index in [-0.39, 0.29) is 11.7 Å². The van der Waals surface area contributed by atoms with E-state index < -0.39 is 0 Å². The molecule has 0 saturated heterocycles. The third kappa shape index (κ3) is 4.65. The number of para-hydroxylation sites is 2. The van der Waals surface area contributed by atoms with Crippen molar-refractivity contribution in [2.45, 2.75) is 6.42 Å². The fourth-order valence-electron chi connectivity index (χ4n) is 3.39. The maximum absolute atomic E-state index is 12.6. The number of ether oxygens (including phenoxy) is 2. The fraction of sp³-hybridized carbons (Fsp3) is 0.167. The highest BCUT2D eigenvalue weighted by atomic mass is 32.2. The van der Waals surface area contributed by atoms with Crippen LogP contribution in [0.4, 0.5) is 17.1 Å². The topological polar surface area (TPSA) is 85.2 Å². The first-order chi connectivity index (χ1) is 15.7. The third-order valence-electron chi connectivity index (χ3n) is 4.86. The number of hydrogen-bond donors (Lipinski definition) is 1. The minimum Gasteiger partial charge on any atom is -0.486 e. The minimum absolute atomic E-state index is 0.122. The predicted molar refractivity (Wildman–Crippen MR) is 127 cm³/mol. The molecule has 0 unspecified atom stereocenters. The first-order valence-electron chi connectivity index (χ1n) is 10.2. The average Bonchev–Trinajstić information content (AvgIpc) is 3.03. The Hall–Kier alpha value is -3.65. The molecule has 0 saturated carbocycles. The van der Waals surface area contributed by atoms with Gasteiger partial charge >= 0.3 is 0 Å². The van der Waals surface area contributed by atoms with E-state index in [0.717, 1.165) is 27.8 Å². The van der Waals surface area contributed by atoms with Gasteiger partial charge in [0.1, 0.15) is 13.2 Å².